The summed E-state index contributed by atoms with van der Waals surface area (Å²) in [6, 6.07) is 14.1. The molecule has 1 unspecified atom stereocenters. The lowest BCUT2D eigenvalue weighted by Crippen LogP contribution is -2.00. The van der Waals surface area contributed by atoms with E-state index in [2.05, 4.69) is 33.4 Å². The molecule has 1 heterocycles. The lowest BCUT2D eigenvalue weighted by atomic mass is 9.99. The highest BCUT2D eigenvalue weighted by molar-refractivity contribution is 9.10. The fraction of sp³-hybridized carbons (Fsp3) is 0.125. The maximum atomic E-state index is 10.6. The van der Waals surface area contributed by atoms with Gasteiger partial charge in [-0.25, -0.2) is 0 Å². The van der Waals surface area contributed by atoms with E-state index in [1.807, 2.05) is 37.3 Å². The van der Waals surface area contributed by atoms with E-state index in [0.717, 1.165) is 25.9 Å². The van der Waals surface area contributed by atoms with Crippen molar-refractivity contribution in [2.75, 3.05) is 0 Å². The highest BCUT2D eigenvalue weighted by Crippen LogP contribution is 2.33. The van der Waals surface area contributed by atoms with Gasteiger partial charge in [-0.15, -0.1) is 11.3 Å². The molecule has 0 spiro atoms. The van der Waals surface area contributed by atoms with E-state index in [0.29, 0.717) is 0 Å². The highest BCUT2D eigenvalue weighted by atomic mass is 79.9. The SMILES string of the molecule is Cc1cc(C(O)c2cccc3ccsc23)ccc1Br. The molecule has 0 amide bonds. The number of thiophene rings is 1. The fourth-order valence-electron chi connectivity index (χ4n) is 2.25. The average Bonchev–Trinajstić information content (AvgIpc) is 2.89. The molecule has 0 aliphatic carbocycles. The van der Waals surface area contributed by atoms with Gasteiger partial charge in [0.25, 0.3) is 0 Å². The summed E-state index contributed by atoms with van der Waals surface area (Å²) in [5.41, 5.74) is 3.05. The molecule has 0 aliphatic rings. The van der Waals surface area contributed by atoms with Crippen molar-refractivity contribution in [3.63, 3.8) is 0 Å². The number of hydrogen-bond donors (Lipinski definition) is 1. The van der Waals surface area contributed by atoms with Crippen molar-refractivity contribution >= 4 is 37.4 Å². The van der Waals surface area contributed by atoms with E-state index in [1.54, 1.807) is 11.3 Å². The molecule has 3 heteroatoms. The van der Waals surface area contributed by atoms with Gasteiger partial charge in [-0.1, -0.05) is 46.3 Å². The molecule has 0 aliphatic heterocycles. The molecule has 3 rings (SSSR count). The van der Waals surface area contributed by atoms with Crippen molar-refractivity contribution in [2.45, 2.75) is 13.0 Å². The van der Waals surface area contributed by atoms with Crippen LogP contribution in [0.3, 0.4) is 0 Å². The van der Waals surface area contributed by atoms with Gasteiger partial charge in [-0.2, -0.15) is 0 Å². The molecular weight excluding hydrogens is 320 g/mol. The van der Waals surface area contributed by atoms with Gasteiger partial charge in [0.05, 0.1) is 0 Å². The first-order valence-electron chi connectivity index (χ1n) is 6.07. The Balaban J connectivity index is 2.10. The average molecular weight is 333 g/mol. The minimum absolute atomic E-state index is 0.575. The summed E-state index contributed by atoms with van der Waals surface area (Å²) in [7, 11) is 0. The summed E-state index contributed by atoms with van der Waals surface area (Å²) in [6.07, 6.45) is -0.575. The van der Waals surface area contributed by atoms with Gasteiger partial charge in [-0.3, -0.25) is 0 Å². The number of halogens is 1. The van der Waals surface area contributed by atoms with Crippen LogP contribution < -0.4 is 0 Å². The predicted octanol–water partition coefficient (Wildman–Crippen LogP) is 5.05. The lowest BCUT2D eigenvalue weighted by molar-refractivity contribution is 0.222. The van der Waals surface area contributed by atoms with E-state index < -0.39 is 6.10 Å². The molecule has 1 aromatic heterocycles. The number of aliphatic hydroxyl groups is 1. The second-order valence-electron chi connectivity index (χ2n) is 4.60. The number of rotatable bonds is 2. The van der Waals surface area contributed by atoms with Gasteiger partial charge in [-0.05, 0) is 40.9 Å². The van der Waals surface area contributed by atoms with Crippen molar-refractivity contribution in [3.05, 3.63) is 69.0 Å². The van der Waals surface area contributed by atoms with Crippen LogP contribution in [0.5, 0.6) is 0 Å². The van der Waals surface area contributed by atoms with Gasteiger partial charge in [0.1, 0.15) is 6.10 Å². The molecule has 19 heavy (non-hydrogen) atoms. The van der Waals surface area contributed by atoms with E-state index in [4.69, 9.17) is 0 Å². The van der Waals surface area contributed by atoms with Crippen LogP contribution in [-0.4, -0.2) is 5.11 Å². The summed E-state index contributed by atoms with van der Waals surface area (Å²) in [5, 5.41) is 13.9. The third-order valence-corrected chi connectivity index (χ3v) is 5.17. The monoisotopic (exact) mass is 332 g/mol. The third-order valence-electron chi connectivity index (χ3n) is 3.30. The Kier molecular flexibility index (Phi) is 3.44. The van der Waals surface area contributed by atoms with E-state index in [1.165, 1.54) is 5.39 Å². The molecule has 0 saturated carbocycles. The van der Waals surface area contributed by atoms with E-state index >= 15 is 0 Å². The largest absolute Gasteiger partial charge is 0.384 e. The van der Waals surface area contributed by atoms with Crippen molar-refractivity contribution in [1.82, 2.24) is 0 Å². The maximum Gasteiger partial charge on any atom is 0.105 e. The molecule has 1 atom stereocenters. The van der Waals surface area contributed by atoms with E-state index in [9.17, 15) is 5.11 Å². The fourth-order valence-corrected chi connectivity index (χ4v) is 3.43. The number of aryl methyl sites for hydroxylation is 1. The summed E-state index contributed by atoms with van der Waals surface area (Å²) in [6.45, 7) is 2.03. The summed E-state index contributed by atoms with van der Waals surface area (Å²) >= 11 is 5.16. The Bertz CT molecular complexity index is 732. The molecule has 2 aromatic carbocycles. The summed E-state index contributed by atoms with van der Waals surface area (Å²) < 4.78 is 2.23. The van der Waals surface area contributed by atoms with Gasteiger partial charge in [0.15, 0.2) is 0 Å². The van der Waals surface area contributed by atoms with Crippen molar-refractivity contribution in [2.24, 2.45) is 0 Å². The molecule has 0 fully saturated rings. The minimum Gasteiger partial charge on any atom is -0.384 e. The first kappa shape index (κ1) is 12.9. The molecule has 0 radical (unpaired) electrons. The predicted molar refractivity (Wildman–Crippen MR) is 84.8 cm³/mol. The lowest BCUT2D eigenvalue weighted by Gasteiger charge is -2.13. The van der Waals surface area contributed by atoms with Crippen LogP contribution in [0.2, 0.25) is 0 Å². The van der Waals surface area contributed by atoms with Crippen LogP contribution in [0.1, 0.15) is 22.8 Å². The number of benzene rings is 2. The van der Waals surface area contributed by atoms with Crippen molar-refractivity contribution in [3.8, 4) is 0 Å². The van der Waals surface area contributed by atoms with Crippen LogP contribution >= 0.6 is 27.3 Å². The van der Waals surface area contributed by atoms with Crippen molar-refractivity contribution < 1.29 is 5.11 Å². The van der Waals surface area contributed by atoms with Gasteiger partial charge in [0, 0.05) is 14.7 Å². The Hall–Kier alpha value is -1.16. The molecular formula is C16H13BrOS. The first-order chi connectivity index (χ1) is 9.16. The first-order valence-corrected chi connectivity index (χ1v) is 7.74. The zero-order chi connectivity index (χ0) is 13.4. The van der Waals surface area contributed by atoms with Crippen LogP contribution in [0.15, 0.2) is 52.3 Å². The minimum atomic E-state index is -0.575. The third kappa shape index (κ3) is 2.34. The van der Waals surface area contributed by atoms with Crippen LogP contribution in [0, 0.1) is 6.92 Å². The number of hydrogen-bond acceptors (Lipinski definition) is 2. The summed E-state index contributed by atoms with van der Waals surface area (Å²) in [5.74, 6) is 0. The smallest absolute Gasteiger partial charge is 0.105 e. The Morgan fingerprint density at radius 1 is 1.16 bits per heavy atom. The zero-order valence-corrected chi connectivity index (χ0v) is 12.8. The maximum absolute atomic E-state index is 10.6. The van der Waals surface area contributed by atoms with Gasteiger partial charge >= 0.3 is 0 Å². The van der Waals surface area contributed by atoms with Crippen molar-refractivity contribution in [1.29, 1.82) is 0 Å². The molecule has 1 nitrogen and oxygen atoms in total. The Labute approximate surface area is 124 Å². The second kappa shape index (κ2) is 5.08. The Morgan fingerprint density at radius 2 is 2.00 bits per heavy atom. The topological polar surface area (TPSA) is 20.2 Å². The summed E-state index contributed by atoms with van der Waals surface area (Å²) in [4.78, 5) is 0. The van der Waals surface area contributed by atoms with Crippen LogP contribution in [0.25, 0.3) is 10.1 Å². The van der Waals surface area contributed by atoms with Crippen LogP contribution in [0.4, 0.5) is 0 Å². The Morgan fingerprint density at radius 3 is 2.79 bits per heavy atom. The quantitative estimate of drug-likeness (QED) is 0.695. The number of aliphatic hydroxyl groups excluding tert-OH is 1. The van der Waals surface area contributed by atoms with E-state index in [-0.39, 0.29) is 0 Å². The molecule has 0 saturated heterocycles. The van der Waals surface area contributed by atoms with Gasteiger partial charge in [0.2, 0.25) is 0 Å². The standard InChI is InChI=1S/C16H13BrOS/c1-10-9-12(5-6-14(10)17)15(18)13-4-2-3-11-7-8-19-16(11)13/h2-9,15,18H,1H3. The second-order valence-corrected chi connectivity index (χ2v) is 6.37. The molecule has 96 valence electrons. The normalized spacial score (nSPS) is 12.8. The molecule has 3 aromatic rings. The number of fused-ring (bicyclic) bond motifs is 1. The zero-order valence-electron chi connectivity index (χ0n) is 10.4. The highest BCUT2D eigenvalue weighted by Gasteiger charge is 2.14. The van der Waals surface area contributed by atoms with Gasteiger partial charge < -0.3 is 5.11 Å². The van der Waals surface area contributed by atoms with Crippen LogP contribution in [-0.2, 0) is 0 Å². The molecule has 0 bridgehead atoms. The molecule has 1 N–H and O–H groups in total.